The van der Waals surface area contributed by atoms with Gasteiger partial charge in [0.25, 0.3) is 0 Å². The Balaban J connectivity index is 1.37. The molecule has 1 N–H and O–H groups in total. The summed E-state index contributed by atoms with van der Waals surface area (Å²) in [6, 6.07) is 5.94. The van der Waals surface area contributed by atoms with Gasteiger partial charge in [-0.2, -0.15) is 0 Å². The van der Waals surface area contributed by atoms with Gasteiger partial charge in [0.1, 0.15) is 5.75 Å². The maximum absolute atomic E-state index is 11.1. The molecule has 126 valence electrons. The molecule has 1 amide bonds. The van der Waals surface area contributed by atoms with E-state index in [9.17, 15) is 4.79 Å². The van der Waals surface area contributed by atoms with E-state index in [1.54, 1.807) is 6.92 Å². The highest BCUT2D eigenvalue weighted by Crippen LogP contribution is 2.35. The number of rotatable bonds is 6. The summed E-state index contributed by atoms with van der Waals surface area (Å²) in [4.78, 5) is 13.5. The molecule has 6 nitrogen and oxygen atoms in total. The lowest BCUT2D eigenvalue weighted by Crippen LogP contribution is -2.47. The Morgan fingerprint density at radius 2 is 2.26 bits per heavy atom. The topological polar surface area (TPSA) is 60.0 Å². The summed E-state index contributed by atoms with van der Waals surface area (Å²) in [5.74, 6) is 2.39. The normalized spacial score (nSPS) is 20.3. The van der Waals surface area contributed by atoms with Crippen LogP contribution in [0, 0.1) is 0 Å². The summed E-state index contributed by atoms with van der Waals surface area (Å²) in [5, 5.41) is 3.01. The van der Waals surface area contributed by atoms with Crippen LogP contribution < -0.4 is 19.5 Å². The lowest BCUT2D eigenvalue weighted by molar-refractivity contribution is -0.120. The van der Waals surface area contributed by atoms with Gasteiger partial charge in [-0.15, -0.1) is 0 Å². The molecule has 1 saturated heterocycles. The monoisotopic (exact) mass is 320 g/mol. The van der Waals surface area contributed by atoms with E-state index in [1.807, 2.05) is 18.2 Å². The predicted octanol–water partition coefficient (Wildman–Crippen LogP) is 1.78. The molecule has 3 rings (SSSR count). The summed E-state index contributed by atoms with van der Waals surface area (Å²) < 4.78 is 16.4. The number of ether oxygens (including phenoxy) is 3. The van der Waals surface area contributed by atoms with Crippen LogP contribution >= 0.6 is 0 Å². The zero-order valence-electron chi connectivity index (χ0n) is 13.5. The number of hydrogen-bond acceptors (Lipinski definition) is 5. The van der Waals surface area contributed by atoms with E-state index in [1.165, 1.54) is 0 Å². The summed E-state index contributed by atoms with van der Waals surface area (Å²) in [5.41, 5.74) is 0. The Hall–Kier alpha value is -1.95. The standard InChI is InChI=1S/C17H24N2O4/c1-13(20)18-14-4-2-7-19(11-14)8-3-9-21-15-5-6-16-17(10-15)23-12-22-16/h5-6,10,14H,2-4,7-9,11-12H2,1H3,(H,18,20). The average Bonchev–Trinajstić information content (AvgIpc) is 2.99. The summed E-state index contributed by atoms with van der Waals surface area (Å²) in [6.45, 7) is 5.55. The van der Waals surface area contributed by atoms with Gasteiger partial charge in [0.05, 0.1) is 6.61 Å². The molecule has 0 bridgehead atoms. The smallest absolute Gasteiger partial charge is 0.231 e. The maximum Gasteiger partial charge on any atom is 0.231 e. The van der Waals surface area contributed by atoms with Crippen molar-refractivity contribution in [3.05, 3.63) is 18.2 Å². The third kappa shape index (κ3) is 4.51. The molecular formula is C17H24N2O4. The molecule has 0 radical (unpaired) electrons. The van der Waals surface area contributed by atoms with Crippen molar-refractivity contribution in [1.29, 1.82) is 0 Å². The Morgan fingerprint density at radius 1 is 1.39 bits per heavy atom. The van der Waals surface area contributed by atoms with Gasteiger partial charge in [0.2, 0.25) is 12.7 Å². The largest absolute Gasteiger partial charge is 0.493 e. The lowest BCUT2D eigenvalue weighted by atomic mass is 10.1. The highest BCUT2D eigenvalue weighted by molar-refractivity contribution is 5.73. The van der Waals surface area contributed by atoms with Crippen LogP contribution in [0.15, 0.2) is 18.2 Å². The molecule has 1 aromatic rings. The summed E-state index contributed by atoms with van der Waals surface area (Å²) in [6.07, 6.45) is 3.17. The minimum absolute atomic E-state index is 0.0583. The van der Waals surface area contributed by atoms with Crippen LogP contribution in [-0.4, -0.2) is 49.9 Å². The molecule has 2 aliphatic rings. The second-order valence-corrected chi connectivity index (χ2v) is 6.06. The highest BCUT2D eigenvalue weighted by atomic mass is 16.7. The van der Waals surface area contributed by atoms with E-state index in [2.05, 4.69) is 10.2 Å². The summed E-state index contributed by atoms with van der Waals surface area (Å²) >= 11 is 0. The van der Waals surface area contributed by atoms with Crippen molar-refractivity contribution >= 4 is 5.91 Å². The highest BCUT2D eigenvalue weighted by Gasteiger charge is 2.20. The number of likely N-dealkylation sites (tertiary alicyclic amines) is 1. The first kappa shape index (κ1) is 15.9. The number of benzene rings is 1. The Bertz CT molecular complexity index is 549. The quantitative estimate of drug-likeness (QED) is 0.810. The number of nitrogens with one attached hydrogen (secondary N) is 1. The zero-order valence-corrected chi connectivity index (χ0v) is 13.5. The van der Waals surface area contributed by atoms with E-state index < -0.39 is 0 Å². The fourth-order valence-corrected chi connectivity index (χ4v) is 3.11. The first-order chi connectivity index (χ1) is 11.2. The molecule has 0 aromatic heterocycles. The van der Waals surface area contributed by atoms with E-state index in [0.717, 1.165) is 56.1 Å². The van der Waals surface area contributed by atoms with Crippen molar-refractivity contribution in [2.45, 2.75) is 32.2 Å². The van der Waals surface area contributed by atoms with Gasteiger partial charge >= 0.3 is 0 Å². The van der Waals surface area contributed by atoms with Crippen molar-refractivity contribution < 1.29 is 19.0 Å². The number of hydrogen-bond donors (Lipinski definition) is 1. The molecule has 0 aliphatic carbocycles. The Kier molecular flexibility index (Phi) is 5.23. The molecule has 1 fully saturated rings. The second kappa shape index (κ2) is 7.55. The molecule has 1 unspecified atom stereocenters. The molecule has 1 aromatic carbocycles. The fraction of sp³-hybridized carbons (Fsp3) is 0.588. The van der Waals surface area contributed by atoms with Gasteiger partial charge in [-0.1, -0.05) is 0 Å². The average molecular weight is 320 g/mol. The SMILES string of the molecule is CC(=O)NC1CCCN(CCCOc2ccc3c(c2)OCO3)C1. The van der Waals surface area contributed by atoms with Crippen molar-refractivity contribution in [2.75, 3.05) is 33.0 Å². The van der Waals surface area contributed by atoms with Crippen LogP contribution in [0.25, 0.3) is 0 Å². The van der Waals surface area contributed by atoms with E-state index in [0.29, 0.717) is 6.61 Å². The Labute approximate surface area is 136 Å². The lowest BCUT2D eigenvalue weighted by Gasteiger charge is -2.32. The van der Waals surface area contributed by atoms with Crippen molar-refractivity contribution in [2.24, 2.45) is 0 Å². The molecule has 2 aliphatic heterocycles. The molecule has 23 heavy (non-hydrogen) atoms. The van der Waals surface area contributed by atoms with Gasteiger partial charge < -0.3 is 24.4 Å². The predicted molar refractivity (Wildman–Crippen MR) is 86.0 cm³/mol. The van der Waals surface area contributed by atoms with Crippen LogP contribution in [-0.2, 0) is 4.79 Å². The Morgan fingerprint density at radius 3 is 3.13 bits per heavy atom. The van der Waals surface area contributed by atoms with Crippen molar-refractivity contribution in [3.8, 4) is 17.2 Å². The van der Waals surface area contributed by atoms with Crippen LogP contribution in [0.2, 0.25) is 0 Å². The van der Waals surface area contributed by atoms with Gasteiger partial charge in [-0.05, 0) is 37.9 Å². The first-order valence-electron chi connectivity index (χ1n) is 8.22. The van der Waals surface area contributed by atoms with Crippen molar-refractivity contribution in [3.63, 3.8) is 0 Å². The van der Waals surface area contributed by atoms with Crippen LogP contribution in [0.4, 0.5) is 0 Å². The van der Waals surface area contributed by atoms with Gasteiger partial charge in [0.15, 0.2) is 11.5 Å². The van der Waals surface area contributed by atoms with E-state index in [-0.39, 0.29) is 18.7 Å². The summed E-state index contributed by atoms with van der Waals surface area (Å²) in [7, 11) is 0. The minimum atomic E-state index is 0.0583. The molecule has 0 saturated carbocycles. The van der Waals surface area contributed by atoms with Gasteiger partial charge in [-0.25, -0.2) is 0 Å². The number of carbonyl (C=O) groups is 1. The zero-order chi connectivity index (χ0) is 16.1. The molecule has 2 heterocycles. The van der Waals surface area contributed by atoms with Gasteiger partial charge in [-0.3, -0.25) is 4.79 Å². The van der Waals surface area contributed by atoms with Crippen LogP contribution in [0.5, 0.6) is 17.2 Å². The molecular weight excluding hydrogens is 296 g/mol. The molecule has 0 spiro atoms. The third-order valence-electron chi connectivity index (χ3n) is 4.14. The van der Waals surface area contributed by atoms with Crippen molar-refractivity contribution in [1.82, 2.24) is 10.2 Å². The van der Waals surface area contributed by atoms with E-state index in [4.69, 9.17) is 14.2 Å². The number of nitrogens with zero attached hydrogens (tertiary/aromatic N) is 1. The van der Waals surface area contributed by atoms with E-state index >= 15 is 0 Å². The number of piperidine rings is 1. The molecule has 6 heteroatoms. The number of carbonyl (C=O) groups excluding carboxylic acids is 1. The maximum atomic E-state index is 11.1. The van der Waals surface area contributed by atoms with Crippen LogP contribution in [0.1, 0.15) is 26.2 Å². The molecule has 1 atom stereocenters. The minimum Gasteiger partial charge on any atom is -0.493 e. The van der Waals surface area contributed by atoms with Gasteiger partial charge in [0, 0.05) is 32.1 Å². The fourth-order valence-electron chi connectivity index (χ4n) is 3.11. The number of amides is 1. The second-order valence-electron chi connectivity index (χ2n) is 6.06. The van der Waals surface area contributed by atoms with Crippen LogP contribution in [0.3, 0.4) is 0 Å². The first-order valence-corrected chi connectivity index (χ1v) is 8.22. The third-order valence-corrected chi connectivity index (χ3v) is 4.14. The number of fused-ring (bicyclic) bond motifs is 1.